The van der Waals surface area contributed by atoms with Gasteiger partial charge in [0.25, 0.3) is 0 Å². The summed E-state index contributed by atoms with van der Waals surface area (Å²) in [5.41, 5.74) is 3.28. The number of fused-ring (bicyclic) bond motifs is 1. The molecule has 0 saturated heterocycles. The third-order valence-corrected chi connectivity index (χ3v) is 3.41. The van der Waals surface area contributed by atoms with Crippen molar-refractivity contribution in [1.29, 1.82) is 0 Å². The summed E-state index contributed by atoms with van der Waals surface area (Å²) in [6.45, 7) is 0.962. The van der Waals surface area contributed by atoms with Gasteiger partial charge in [-0.15, -0.1) is 10.2 Å². The van der Waals surface area contributed by atoms with E-state index in [9.17, 15) is 0 Å². The maximum atomic E-state index is 5.29. The Morgan fingerprint density at radius 2 is 2.44 bits per heavy atom. The Labute approximate surface area is 97.2 Å². The van der Waals surface area contributed by atoms with Gasteiger partial charge < -0.3 is 9.84 Å². The first-order valence-corrected chi connectivity index (χ1v) is 6.25. The molecule has 0 aliphatic carbocycles. The smallest absolute Gasteiger partial charge is 0.210 e. The van der Waals surface area contributed by atoms with Crippen molar-refractivity contribution in [3.63, 3.8) is 0 Å². The summed E-state index contributed by atoms with van der Waals surface area (Å²) in [5.74, 6) is 3.01. The summed E-state index contributed by atoms with van der Waals surface area (Å²) >= 11 is 1.74. The fourth-order valence-electron chi connectivity index (χ4n) is 1.70. The molecule has 0 radical (unpaired) electrons. The fourth-order valence-corrected chi connectivity index (χ4v) is 2.48. The van der Waals surface area contributed by atoms with Gasteiger partial charge in [-0.3, -0.25) is 0 Å². The van der Waals surface area contributed by atoms with Crippen LogP contribution in [0.5, 0.6) is 0 Å². The summed E-state index contributed by atoms with van der Waals surface area (Å²) in [6, 6.07) is 3.89. The van der Waals surface area contributed by atoms with E-state index in [4.69, 9.17) is 4.42 Å². The van der Waals surface area contributed by atoms with Crippen molar-refractivity contribution in [2.45, 2.75) is 18.0 Å². The number of aryl methyl sites for hydroxylation is 2. The van der Waals surface area contributed by atoms with Crippen LogP contribution in [0.3, 0.4) is 0 Å². The van der Waals surface area contributed by atoms with E-state index in [1.165, 1.54) is 0 Å². The number of furan rings is 1. The van der Waals surface area contributed by atoms with Crippen molar-refractivity contribution in [3.05, 3.63) is 30.0 Å². The monoisotopic (exact) mass is 236 g/mol. The van der Waals surface area contributed by atoms with Gasteiger partial charge >= 0.3 is 0 Å². The fraction of sp³-hybridized carbons (Fsp3) is 0.400. The lowest BCUT2D eigenvalue weighted by Crippen LogP contribution is -2.25. The van der Waals surface area contributed by atoms with Crippen molar-refractivity contribution >= 4 is 11.8 Å². The molecule has 2 aromatic rings. The summed E-state index contributed by atoms with van der Waals surface area (Å²) < 4.78 is 7.28. The van der Waals surface area contributed by atoms with Crippen LogP contribution in [-0.2, 0) is 12.8 Å². The van der Waals surface area contributed by atoms with Crippen LogP contribution in [0.15, 0.2) is 28.0 Å². The molecule has 1 aliphatic rings. The number of nitrogens with one attached hydrogen (secondary N) is 1. The number of rotatable bonds is 3. The van der Waals surface area contributed by atoms with Crippen LogP contribution in [0.1, 0.15) is 11.6 Å². The predicted octanol–water partition coefficient (Wildman–Crippen LogP) is 1.31. The molecule has 0 fully saturated rings. The lowest BCUT2D eigenvalue weighted by Gasteiger charge is -2.16. The molecule has 2 aromatic heterocycles. The first-order chi connectivity index (χ1) is 7.93. The molecule has 5 nitrogen and oxygen atoms in total. The Bertz CT molecular complexity index is 465. The Morgan fingerprint density at radius 3 is 3.31 bits per heavy atom. The second-order valence-corrected chi connectivity index (χ2v) is 4.63. The van der Waals surface area contributed by atoms with Crippen molar-refractivity contribution in [3.8, 4) is 0 Å². The van der Waals surface area contributed by atoms with E-state index in [0.717, 1.165) is 41.9 Å². The predicted molar refractivity (Wildman–Crippen MR) is 61.1 cm³/mol. The van der Waals surface area contributed by atoms with Gasteiger partial charge in [-0.05, 0) is 12.1 Å². The molecule has 3 rings (SSSR count). The highest BCUT2D eigenvalue weighted by molar-refractivity contribution is 7.99. The molecule has 0 bridgehead atoms. The number of hydrogen-bond donors (Lipinski definition) is 1. The molecule has 1 N–H and O–H groups in total. The molecule has 0 amide bonds. The minimum Gasteiger partial charge on any atom is -0.469 e. The number of hydrogen-bond acceptors (Lipinski definition) is 5. The first-order valence-electron chi connectivity index (χ1n) is 5.27. The second kappa shape index (κ2) is 4.21. The van der Waals surface area contributed by atoms with E-state index in [2.05, 4.69) is 15.6 Å². The zero-order valence-electron chi connectivity index (χ0n) is 8.72. The van der Waals surface area contributed by atoms with Gasteiger partial charge in [0, 0.05) is 25.1 Å². The van der Waals surface area contributed by atoms with Crippen LogP contribution in [-0.4, -0.2) is 27.2 Å². The Kier molecular flexibility index (Phi) is 2.57. The van der Waals surface area contributed by atoms with E-state index >= 15 is 0 Å². The molecular weight excluding hydrogens is 224 g/mol. The lowest BCUT2D eigenvalue weighted by molar-refractivity contribution is 0.504. The maximum absolute atomic E-state index is 5.29. The summed E-state index contributed by atoms with van der Waals surface area (Å²) in [7, 11) is 0. The van der Waals surface area contributed by atoms with Crippen LogP contribution < -0.4 is 5.43 Å². The number of aromatic nitrogens is 3. The molecule has 3 heterocycles. The third-order valence-electron chi connectivity index (χ3n) is 2.48. The van der Waals surface area contributed by atoms with E-state index in [0.29, 0.717) is 0 Å². The summed E-state index contributed by atoms with van der Waals surface area (Å²) in [4.78, 5) is 0. The SMILES string of the molecule is c1coc(CCc2nnc3n2NCCS3)c1. The van der Waals surface area contributed by atoms with E-state index in [-0.39, 0.29) is 0 Å². The minimum absolute atomic E-state index is 0.841. The quantitative estimate of drug-likeness (QED) is 0.870. The highest BCUT2D eigenvalue weighted by atomic mass is 32.2. The van der Waals surface area contributed by atoms with E-state index in [1.54, 1.807) is 18.0 Å². The highest BCUT2D eigenvalue weighted by Crippen LogP contribution is 2.19. The lowest BCUT2D eigenvalue weighted by atomic mass is 10.2. The Morgan fingerprint density at radius 1 is 1.44 bits per heavy atom. The minimum atomic E-state index is 0.841. The van der Waals surface area contributed by atoms with Crippen LogP contribution in [0.2, 0.25) is 0 Å². The average molecular weight is 236 g/mol. The van der Waals surface area contributed by atoms with Gasteiger partial charge in [0.1, 0.15) is 5.76 Å². The number of thioether (sulfide) groups is 1. The van der Waals surface area contributed by atoms with Crippen molar-refractivity contribution in [2.75, 3.05) is 17.7 Å². The topological polar surface area (TPSA) is 55.9 Å². The second-order valence-electron chi connectivity index (χ2n) is 3.57. The van der Waals surface area contributed by atoms with Crippen molar-refractivity contribution < 1.29 is 4.42 Å². The molecular formula is C10H12N4OS. The van der Waals surface area contributed by atoms with E-state index in [1.807, 2.05) is 16.8 Å². The molecule has 16 heavy (non-hydrogen) atoms. The highest BCUT2D eigenvalue weighted by Gasteiger charge is 2.15. The first kappa shape index (κ1) is 9.77. The van der Waals surface area contributed by atoms with E-state index < -0.39 is 0 Å². The molecule has 6 heteroatoms. The van der Waals surface area contributed by atoms with Crippen LogP contribution in [0.25, 0.3) is 0 Å². The Balaban J connectivity index is 1.72. The summed E-state index contributed by atoms with van der Waals surface area (Å²) in [6.07, 6.45) is 3.40. The molecule has 0 aromatic carbocycles. The maximum Gasteiger partial charge on any atom is 0.210 e. The van der Waals surface area contributed by atoms with Gasteiger partial charge in [0.15, 0.2) is 5.82 Å². The largest absolute Gasteiger partial charge is 0.469 e. The summed E-state index contributed by atoms with van der Waals surface area (Å²) in [5, 5.41) is 9.28. The van der Waals surface area contributed by atoms with Crippen LogP contribution >= 0.6 is 11.8 Å². The van der Waals surface area contributed by atoms with Gasteiger partial charge in [-0.1, -0.05) is 11.8 Å². The molecule has 0 saturated carbocycles. The molecule has 84 valence electrons. The zero-order chi connectivity index (χ0) is 10.8. The molecule has 0 spiro atoms. The molecule has 0 unspecified atom stereocenters. The van der Waals surface area contributed by atoms with Gasteiger partial charge in [0.05, 0.1) is 6.26 Å². The van der Waals surface area contributed by atoms with Crippen molar-refractivity contribution in [1.82, 2.24) is 14.9 Å². The van der Waals surface area contributed by atoms with Gasteiger partial charge in [-0.25, -0.2) is 4.68 Å². The van der Waals surface area contributed by atoms with Gasteiger partial charge in [-0.2, -0.15) is 0 Å². The third kappa shape index (κ3) is 1.80. The van der Waals surface area contributed by atoms with Crippen LogP contribution in [0, 0.1) is 0 Å². The Hall–Kier alpha value is -1.43. The van der Waals surface area contributed by atoms with Crippen LogP contribution in [0.4, 0.5) is 0 Å². The van der Waals surface area contributed by atoms with Crippen molar-refractivity contribution in [2.24, 2.45) is 0 Å². The average Bonchev–Trinajstić information content (AvgIpc) is 2.96. The standard InChI is InChI=1S/C10H12N4OS/c1-2-8(15-6-1)3-4-9-12-13-10-14(9)11-5-7-16-10/h1-2,6,11H,3-5,7H2. The number of nitrogens with zero attached hydrogens (tertiary/aromatic N) is 3. The molecule has 1 aliphatic heterocycles. The normalized spacial score (nSPS) is 14.5. The molecule has 0 atom stereocenters. The van der Waals surface area contributed by atoms with Gasteiger partial charge in [0.2, 0.25) is 5.16 Å². The zero-order valence-corrected chi connectivity index (χ0v) is 9.54.